The second-order valence-electron chi connectivity index (χ2n) is 11.3. The van der Waals surface area contributed by atoms with Crippen LogP contribution in [0.25, 0.3) is 16.6 Å². The van der Waals surface area contributed by atoms with Gasteiger partial charge in [-0.1, -0.05) is 12.1 Å². The van der Waals surface area contributed by atoms with Gasteiger partial charge < -0.3 is 40.9 Å². The quantitative estimate of drug-likeness (QED) is 0.0830. The molecule has 0 aliphatic rings. The maximum atomic E-state index is 14.1. The molecule has 0 bridgehead atoms. The van der Waals surface area contributed by atoms with Crippen LogP contribution in [0.2, 0.25) is 0 Å². The molecule has 0 aliphatic heterocycles. The van der Waals surface area contributed by atoms with Crippen molar-refractivity contribution in [2.75, 3.05) is 17.7 Å². The number of carboxylic acids is 1. The highest BCUT2D eigenvalue weighted by atomic mass is 19.3. The number of nitrogens with one attached hydrogen (secondary N) is 4. The van der Waals surface area contributed by atoms with E-state index in [9.17, 15) is 32.7 Å². The number of nitrogen functional groups attached to an aromatic ring is 1. The number of benzene rings is 3. The lowest BCUT2D eigenvalue weighted by atomic mass is 10.1. The maximum absolute atomic E-state index is 14.1. The van der Waals surface area contributed by atoms with Gasteiger partial charge in [0.05, 0.1) is 35.2 Å². The lowest BCUT2D eigenvalue weighted by molar-refractivity contribution is -0.139. The zero-order valence-electron chi connectivity index (χ0n) is 26.6. The highest BCUT2D eigenvalue weighted by molar-refractivity contribution is 6.13. The normalized spacial score (nSPS) is 11.8. The van der Waals surface area contributed by atoms with Gasteiger partial charge in [-0.05, 0) is 61.0 Å². The van der Waals surface area contributed by atoms with Crippen molar-refractivity contribution in [3.05, 3.63) is 108 Å². The molecule has 0 aliphatic carbocycles. The van der Waals surface area contributed by atoms with Gasteiger partial charge in [-0.15, -0.1) is 0 Å². The summed E-state index contributed by atoms with van der Waals surface area (Å²) in [4.78, 5) is 47.8. The van der Waals surface area contributed by atoms with Crippen LogP contribution in [0.4, 0.5) is 29.5 Å². The first-order chi connectivity index (χ1) is 24.5. The molecule has 6 aromatic rings. The molecule has 0 saturated carbocycles. The molecule has 2 amide bonds. The summed E-state index contributed by atoms with van der Waals surface area (Å²) in [6.45, 7) is 0.769. The van der Waals surface area contributed by atoms with Crippen LogP contribution in [0, 0.1) is 12.7 Å². The van der Waals surface area contributed by atoms with E-state index in [2.05, 4.69) is 30.7 Å². The predicted molar refractivity (Wildman–Crippen MR) is 178 cm³/mol. The number of carbonyl (C=O) groups excluding carboxylic acids is 2. The van der Waals surface area contributed by atoms with Gasteiger partial charge in [0.1, 0.15) is 30.0 Å². The minimum Gasteiger partial charge on any atom is -0.485 e. The number of ketones is 1. The van der Waals surface area contributed by atoms with E-state index in [0.29, 0.717) is 33.6 Å². The number of imidazole rings is 1. The number of aromatic nitrogens is 5. The number of nitrogens with two attached hydrogens (primary N) is 1. The Morgan fingerprint density at radius 2 is 1.86 bits per heavy atom. The number of aryl methyl sites for hydroxylation is 1. The maximum Gasteiger partial charge on any atom is 0.326 e. The Labute approximate surface area is 286 Å². The summed E-state index contributed by atoms with van der Waals surface area (Å²) in [5.41, 5.74) is 8.41. The number of rotatable bonds is 13. The molecule has 6 rings (SSSR count). The van der Waals surface area contributed by atoms with E-state index in [1.54, 1.807) is 37.3 Å². The van der Waals surface area contributed by atoms with E-state index < -0.39 is 42.7 Å². The van der Waals surface area contributed by atoms with Crippen LogP contribution in [-0.4, -0.2) is 66.7 Å². The molecule has 1 unspecified atom stereocenters. The lowest BCUT2D eigenvalue weighted by Gasteiger charge is -2.16. The van der Waals surface area contributed by atoms with Crippen molar-refractivity contribution in [3.63, 3.8) is 0 Å². The van der Waals surface area contributed by atoms with Gasteiger partial charge in [-0.2, -0.15) is 5.10 Å². The first-order valence-electron chi connectivity index (χ1n) is 15.2. The Morgan fingerprint density at radius 3 is 2.57 bits per heavy atom. The number of anilines is 2. The number of fused-ring (bicyclic) bond motifs is 1. The number of hydrogen-bond acceptors (Lipinski definition) is 8. The Kier molecular flexibility index (Phi) is 9.61. The van der Waals surface area contributed by atoms with Crippen molar-refractivity contribution in [1.82, 2.24) is 30.0 Å². The second kappa shape index (κ2) is 14.4. The molecule has 17 heteroatoms. The number of amides is 2. The molecule has 3 aromatic carbocycles. The summed E-state index contributed by atoms with van der Waals surface area (Å²) in [6.07, 6.45) is 1.12. The molecule has 7 N–H and O–H groups in total. The molecular formula is C34H29F3N8O6. The SMILES string of the molecule is Cc1cc(Oc2ccccc2F)ccc1-n1ncc(C(=O)c2cc3cc(OCC(F)F)c(NC(=O)NC(Cc4cnc[nH]4)C(=O)O)cc3[nH]2)c1N. The van der Waals surface area contributed by atoms with Gasteiger partial charge in [0.15, 0.2) is 11.6 Å². The molecule has 262 valence electrons. The van der Waals surface area contributed by atoms with Crippen LogP contribution >= 0.6 is 0 Å². The van der Waals surface area contributed by atoms with Gasteiger partial charge in [0.2, 0.25) is 5.78 Å². The van der Waals surface area contributed by atoms with E-state index in [1.165, 1.54) is 53.7 Å². The third kappa shape index (κ3) is 7.61. The van der Waals surface area contributed by atoms with Gasteiger partial charge in [-0.25, -0.2) is 32.4 Å². The lowest BCUT2D eigenvalue weighted by Crippen LogP contribution is -2.44. The largest absolute Gasteiger partial charge is 0.485 e. The average Bonchev–Trinajstić information content (AvgIpc) is 3.84. The number of aliphatic carboxylic acids is 1. The molecule has 0 saturated heterocycles. The monoisotopic (exact) mass is 702 g/mol. The van der Waals surface area contributed by atoms with Crippen LogP contribution in [0.15, 0.2) is 79.4 Å². The summed E-state index contributed by atoms with van der Waals surface area (Å²) >= 11 is 0. The van der Waals surface area contributed by atoms with Crippen molar-refractivity contribution < 1.29 is 42.1 Å². The van der Waals surface area contributed by atoms with Crippen molar-refractivity contribution in [1.29, 1.82) is 0 Å². The summed E-state index contributed by atoms with van der Waals surface area (Å²) in [6, 6.07) is 12.8. The van der Waals surface area contributed by atoms with Crippen LogP contribution in [0.5, 0.6) is 17.2 Å². The summed E-state index contributed by atoms with van der Waals surface area (Å²) in [7, 11) is 0. The molecule has 0 radical (unpaired) electrons. The highest BCUT2D eigenvalue weighted by Crippen LogP contribution is 2.33. The molecule has 51 heavy (non-hydrogen) atoms. The minimum absolute atomic E-state index is 0.0209. The van der Waals surface area contributed by atoms with Gasteiger partial charge >= 0.3 is 12.0 Å². The topological polar surface area (TPSA) is 202 Å². The molecular weight excluding hydrogens is 673 g/mol. The number of urea groups is 1. The Morgan fingerprint density at radius 1 is 1.06 bits per heavy atom. The number of nitrogens with zero attached hydrogens (tertiary/aromatic N) is 3. The van der Waals surface area contributed by atoms with Crippen molar-refractivity contribution in [2.24, 2.45) is 0 Å². The number of carboxylic acid groups (broad SMARTS) is 1. The van der Waals surface area contributed by atoms with E-state index in [1.807, 2.05) is 0 Å². The standard InChI is InChI=1S/C34H29F3N8O6/c1-17-8-20(51-28-5-3-2-4-22(28)35)6-7-27(17)45-32(38)21(14-41-45)31(46)25-9-18-10-29(50-15-30(36)37)24(12-23(18)42-25)43-34(49)44-26(33(47)48)11-19-13-39-16-40-19/h2-10,12-14,16,26,30,42H,11,15,38H2,1H3,(H,39,40)(H,47,48)(H2,43,44,49). The van der Waals surface area contributed by atoms with E-state index >= 15 is 0 Å². The van der Waals surface area contributed by atoms with E-state index in [0.717, 1.165) is 0 Å². The minimum atomic E-state index is -2.84. The van der Waals surface area contributed by atoms with Gasteiger partial charge in [0, 0.05) is 29.2 Å². The molecule has 3 heterocycles. The fourth-order valence-corrected chi connectivity index (χ4v) is 5.24. The van der Waals surface area contributed by atoms with E-state index in [-0.39, 0.29) is 40.7 Å². The number of para-hydroxylation sites is 1. The summed E-state index contributed by atoms with van der Waals surface area (Å²) in [5.74, 6) is -2.08. The predicted octanol–water partition coefficient (Wildman–Crippen LogP) is 5.59. The third-order valence-electron chi connectivity index (χ3n) is 7.67. The molecule has 1 atom stereocenters. The van der Waals surface area contributed by atoms with Crippen molar-refractivity contribution >= 4 is 40.2 Å². The van der Waals surface area contributed by atoms with Gasteiger partial charge in [0.25, 0.3) is 6.43 Å². The fraction of sp³-hybridized carbons (Fsp3) is 0.147. The number of carbonyl (C=O) groups is 3. The van der Waals surface area contributed by atoms with Crippen molar-refractivity contribution in [3.8, 4) is 22.9 Å². The van der Waals surface area contributed by atoms with Crippen LogP contribution < -0.4 is 25.8 Å². The summed E-state index contributed by atoms with van der Waals surface area (Å²) < 4.78 is 52.5. The molecule has 0 spiro atoms. The Bertz CT molecular complexity index is 2230. The molecule has 3 aromatic heterocycles. The highest BCUT2D eigenvalue weighted by Gasteiger charge is 2.24. The zero-order valence-corrected chi connectivity index (χ0v) is 26.6. The average molecular weight is 703 g/mol. The zero-order chi connectivity index (χ0) is 36.2. The van der Waals surface area contributed by atoms with Crippen LogP contribution in [0.3, 0.4) is 0 Å². The number of halogens is 3. The number of hydrogen-bond donors (Lipinski definition) is 6. The second-order valence-corrected chi connectivity index (χ2v) is 11.3. The molecule has 14 nitrogen and oxygen atoms in total. The Balaban J connectivity index is 1.23. The number of ether oxygens (including phenoxy) is 2. The smallest absolute Gasteiger partial charge is 0.326 e. The number of alkyl halides is 2. The summed E-state index contributed by atoms with van der Waals surface area (Å²) in [5, 5.41) is 19.0. The fourth-order valence-electron chi connectivity index (χ4n) is 5.24. The van der Waals surface area contributed by atoms with Crippen molar-refractivity contribution in [2.45, 2.75) is 25.8 Å². The van der Waals surface area contributed by atoms with Gasteiger partial charge in [-0.3, -0.25) is 4.79 Å². The number of aromatic amines is 2. The third-order valence-corrected chi connectivity index (χ3v) is 7.67. The Hall–Kier alpha value is -6.78. The first-order valence-corrected chi connectivity index (χ1v) is 15.2. The number of H-pyrrole nitrogens is 2. The van der Waals surface area contributed by atoms with E-state index in [4.69, 9.17) is 15.2 Å². The van der Waals surface area contributed by atoms with Crippen LogP contribution in [-0.2, 0) is 11.2 Å². The van der Waals surface area contributed by atoms with Crippen LogP contribution in [0.1, 0.15) is 27.3 Å². The first kappa shape index (κ1) is 34.1. The molecule has 0 fully saturated rings.